The van der Waals surface area contributed by atoms with Crippen LogP contribution < -0.4 is 0 Å². The van der Waals surface area contributed by atoms with Gasteiger partial charge in [-0.15, -0.1) is 0 Å². The topological polar surface area (TPSA) is 64.2 Å². The van der Waals surface area contributed by atoms with Crippen molar-refractivity contribution in [2.45, 2.75) is 32.9 Å². The van der Waals surface area contributed by atoms with Crippen molar-refractivity contribution >= 4 is 17.5 Å². The van der Waals surface area contributed by atoms with Crippen LogP contribution in [0, 0.1) is 6.92 Å². The van der Waals surface area contributed by atoms with Crippen LogP contribution in [-0.2, 0) is 17.8 Å². The van der Waals surface area contributed by atoms with Gasteiger partial charge in [0.15, 0.2) is 0 Å². The van der Waals surface area contributed by atoms with E-state index in [1.807, 2.05) is 49.2 Å². The summed E-state index contributed by atoms with van der Waals surface area (Å²) in [5.74, 6) is 0.892. The third-order valence-corrected chi connectivity index (χ3v) is 4.99. The molecule has 0 radical (unpaired) electrons. The quantitative estimate of drug-likeness (QED) is 0.706. The van der Waals surface area contributed by atoms with Crippen molar-refractivity contribution in [2.75, 3.05) is 6.54 Å². The third kappa shape index (κ3) is 3.01. The Bertz CT molecular complexity index is 945. The van der Waals surface area contributed by atoms with Gasteiger partial charge in [-0.1, -0.05) is 28.9 Å². The van der Waals surface area contributed by atoms with Crippen LogP contribution in [-0.4, -0.2) is 32.3 Å². The molecular weight excluding hydrogens is 352 g/mol. The molecule has 0 saturated carbocycles. The Morgan fingerprint density at radius 3 is 2.77 bits per heavy atom. The smallest absolute Gasteiger partial charge is 0.247 e. The minimum Gasteiger partial charge on any atom is -0.360 e. The van der Waals surface area contributed by atoms with Crippen molar-refractivity contribution in [3.8, 4) is 11.3 Å². The molecule has 1 amide bonds. The first-order valence-corrected chi connectivity index (χ1v) is 8.93. The maximum absolute atomic E-state index is 12.9. The number of fused-ring (bicyclic) bond motifs is 1. The van der Waals surface area contributed by atoms with Crippen molar-refractivity contribution in [3.63, 3.8) is 0 Å². The van der Waals surface area contributed by atoms with Gasteiger partial charge in [-0.2, -0.15) is 5.10 Å². The molecule has 0 saturated heterocycles. The summed E-state index contributed by atoms with van der Waals surface area (Å²) in [7, 11) is 0. The van der Waals surface area contributed by atoms with Crippen molar-refractivity contribution in [2.24, 2.45) is 0 Å². The standard InChI is InChI=1S/C19H19ClN4O2/c1-12-9-21-24(10-12)13(2)19(25)23-8-7-17-16(11-23)18(22-26-17)14-3-5-15(20)6-4-14/h3-6,9-10,13H,7-8,11H2,1-2H3/t13-/m1/s1. The number of hydrogen-bond acceptors (Lipinski definition) is 4. The zero-order chi connectivity index (χ0) is 18.3. The number of benzene rings is 1. The van der Waals surface area contributed by atoms with Gasteiger partial charge in [0.1, 0.15) is 17.5 Å². The predicted octanol–water partition coefficient (Wildman–Crippen LogP) is 3.65. The van der Waals surface area contributed by atoms with E-state index in [-0.39, 0.29) is 11.9 Å². The van der Waals surface area contributed by atoms with Gasteiger partial charge in [0.05, 0.1) is 12.7 Å². The van der Waals surface area contributed by atoms with E-state index in [4.69, 9.17) is 16.1 Å². The molecule has 3 aromatic rings. The minimum absolute atomic E-state index is 0.0435. The van der Waals surface area contributed by atoms with E-state index in [1.165, 1.54) is 0 Å². The second kappa shape index (κ2) is 6.61. The molecule has 2 aromatic heterocycles. The molecule has 1 aliphatic rings. The van der Waals surface area contributed by atoms with Crippen LogP contribution in [0.15, 0.2) is 41.2 Å². The summed E-state index contributed by atoms with van der Waals surface area (Å²) in [6, 6.07) is 7.13. The largest absolute Gasteiger partial charge is 0.360 e. The molecule has 134 valence electrons. The molecule has 0 spiro atoms. The van der Waals surface area contributed by atoms with E-state index in [0.29, 0.717) is 24.5 Å². The van der Waals surface area contributed by atoms with Crippen molar-refractivity contribution in [1.29, 1.82) is 0 Å². The van der Waals surface area contributed by atoms with Crippen LogP contribution in [0.3, 0.4) is 0 Å². The van der Waals surface area contributed by atoms with Crippen LogP contribution in [0.4, 0.5) is 0 Å². The molecule has 0 N–H and O–H groups in total. The van der Waals surface area contributed by atoms with E-state index in [9.17, 15) is 4.79 Å². The monoisotopic (exact) mass is 370 g/mol. The Balaban J connectivity index is 1.58. The summed E-state index contributed by atoms with van der Waals surface area (Å²) in [4.78, 5) is 14.8. The fraction of sp³-hybridized carbons (Fsp3) is 0.316. The Morgan fingerprint density at radius 1 is 1.31 bits per heavy atom. The van der Waals surface area contributed by atoms with Crippen LogP contribution in [0.25, 0.3) is 11.3 Å². The first-order valence-electron chi connectivity index (χ1n) is 8.56. The van der Waals surface area contributed by atoms with E-state index in [0.717, 1.165) is 28.1 Å². The summed E-state index contributed by atoms with van der Waals surface area (Å²) >= 11 is 5.97. The molecule has 4 rings (SSSR count). The summed E-state index contributed by atoms with van der Waals surface area (Å²) in [6.45, 7) is 4.94. The van der Waals surface area contributed by atoms with Crippen molar-refractivity contribution < 1.29 is 9.32 Å². The number of amides is 1. The highest BCUT2D eigenvalue weighted by Gasteiger charge is 2.30. The number of carbonyl (C=O) groups excluding carboxylic acids is 1. The molecule has 1 aromatic carbocycles. The lowest BCUT2D eigenvalue weighted by Gasteiger charge is -2.28. The molecule has 26 heavy (non-hydrogen) atoms. The second-order valence-electron chi connectivity index (χ2n) is 6.62. The van der Waals surface area contributed by atoms with E-state index in [1.54, 1.807) is 10.9 Å². The lowest BCUT2D eigenvalue weighted by Crippen LogP contribution is -2.39. The number of aryl methyl sites for hydroxylation is 1. The fourth-order valence-electron chi connectivity index (χ4n) is 3.25. The summed E-state index contributed by atoms with van der Waals surface area (Å²) < 4.78 is 7.22. The van der Waals surface area contributed by atoms with Crippen LogP contribution in [0.1, 0.15) is 29.9 Å². The Labute approximate surface area is 156 Å². The predicted molar refractivity (Wildman–Crippen MR) is 97.7 cm³/mol. The molecule has 1 aliphatic heterocycles. The fourth-order valence-corrected chi connectivity index (χ4v) is 3.38. The van der Waals surface area contributed by atoms with Gasteiger partial charge in [0, 0.05) is 35.3 Å². The minimum atomic E-state index is -0.343. The first-order chi connectivity index (χ1) is 12.5. The molecule has 7 heteroatoms. The molecule has 0 aliphatic carbocycles. The highest BCUT2D eigenvalue weighted by atomic mass is 35.5. The van der Waals surface area contributed by atoms with Gasteiger partial charge in [-0.3, -0.25) is 9.48 Å². The normalized spacial score (nSPS) is 15.0. The van der Waals surface area contributed by atoms with Gasteiger partial charge in [0.25, 0.3) is 0 Å². The number of carbonyl (C=O) groups is 1. The van der Waals surface area contributed by atoms with Gasteiger partial charge < -0.3 is 9.42 Å². The number of halogens is 1. The summed E-state index contributed by atoms with van der Waals surface area (Å²) in [6.07, 6.45) is 4.31. The third-order valence-electron chi connectivity index (χ3n) is 4.74. The lowest BCUT2D eigenvalue weighted by molar-refractivity contribution is -0.135. The van der Waals surface area contributed by atoms with E-state index in [2.05, 4.69) is 10.3 Å². The van der Waals surface area contributed by atoms with Crippen molar-refractivity contribution in [3.05, 3.63) is 58.6 Å². The van der Waals surface area contributed by atoms with Gasteiger partial charge >= 0.3 is 0 Å². The number of nitrogens with zero attached hydrogens (tertiary/aromatic N) is 4. The van der Waals surface area contributed by atoms with Crippen LogP contribution in [0.5, 0.6) is 0 Å². The summed E-state index contributed by atoms with van der Waals surface area (Å²) in [5, 5.41) is 9.16. The van der Waals surface area contributed by atoms with Crippen LogP contribution in [0.2, 0.25) is 5.02 Å². The Hall–Kier alpha value is -2.60. The highest BCUT2D eigenvalue weighted by Crippen LogP contribution is 2.31. The summed E-state index contributed by atoms with van der Waals surface area (Å²) in [5.41, 5.74) is 3.71. The maximum atomic E-state index is 12.9. The van der Waals surface area contributed by atoms with Gasteiger partial charge in [-0.25, -0.2) is 0 Å². The number of aromatic nitrogens is 3. The molecule has 1 atom stereocenters. The first kappa shape index (κ1) is 16.8. The molecule has 6 nitrogen and oxygen atoms in total. The second-order valence-corrected chi connectivity index (χ2v) is 7.06. The van der Waals surface area contributed by atoms with Crippen molar-refractivity contribution in [1.82, 2.24) is 19.8 Å². The number of rotatable bonds is 3. The van der Waals surface area contributed by atoms with E-state index < -0.39 is 0 Å². The lowest BCUT2D eigenvalue weighted by atomic mass is 10.0. The van der Waals surface area contributed by atoms with Gasteiger partial charge in [-0.05, 0) is 31.5 Å². The highest BCUT2D eigenvalue weighted by molar-refractivity contribution is 6.30. The SMILES string of the molecule is Cc1cnn([C@H](C)C(=O)N2CCc3onc(-c4ccc(Cl)cc4)c3C2)c1. The maximum Gasteiger partial charge on any atom is 0.247 e. The van der Waals surface area contributed by atoms with E-state index >= 15 is 0 Å². The Morgan fingerprint density at radius 2 is 2.08 bits per heavy atom. The molecule has 0 bridgehead atoms. The average molecular weight is 371 g/mol. The molecule has 0 unspecified atom stereocenters. The Kier molecular flexibility index (Phi) is 4.28. The molecule has 3 heterocycles. The molecular formula is C19H19ClN4O2. The van der Waals surface area contributed by atoms with Gasteiger partial charge in [0.2, 0.25) is 5.91 Å². The molecule has 0 fully saturated rings. The zero-order valence-corrected chi connectivity index (χ0v) is 15.4. The average Bonchev–Trinajstić information content (AvgIpc) is 3.27. The number of hydrogen-bond donors (Lipinski definition) is 0. The van der Waals surface area contributed by atoms with Crippen LogP contribution >= 0.6 is 11.6 Å². The zero-order valence-electron chi connectivity index (χ0n) is 14.6.